The largest absolute Gasteiger partial charge is 0.328 e. The molecule has 0 saturated heterocycles. The van der Waals surface area contributed by atoms with Crippen LogP contribution in [0.5, 0.6) is 0 Å². The molecule has 1 aromatic carbocycles. The van der Waals surface area contributed by atoms with Crippen LogP contribution >= 0.6 is 0 Å². The predicted octanol–water partition coefficient (Wildman–Crippen LogP) is 1.80. The molecule has 0 unspecified atom stereocenters. The van der Waals surface area contributed by atoms with Gasteiger partial charge in [0.2, 0.25) is 10.0 Å². The Labute approximate surface area is 119 Å². The Morgan fingerprint density at radius 3 is 2.25 bits per heavy atom. The number of sulfonamides is 1. The van der Waals surface area contributed by atoms with Gasteiger partial charge < -0.3 is 5.73 Å². The number of rotatable bonds is 4. The van der Waals surface area contributed by atoms with Gasteiger partial charge in [-0.3, -0.25) is 0 Å². The smallest absolute Gasteiger partial charge is 0.243 e. The topological polar surface area (TPSA) is 63.4 Å². The molecular weight excluding hydrogens is 279 g/mol. The Hall–Kier alpha value is -0.980. The van der Waals surface area contributed by atoms with Crippen molar-refractivity contribution in [1.29, 1.82) is 0 Å². The Morgan fingerprint density at radius 1 is 1.30 bits per heavy atom. The number of nitrogens with two attached hydrogens (primary N) is 1. The standard InChI is InChI=1S/C14H21FN2O2S/c1-9-4-12(15)5-10(2)14(9)20(18,19)17(3)8-11-6-13(16)7-11/h4-5,11,13H,6-8,16H2,1-3H3. The Morgan fingerprint density at radius 2 is 1.80 bits per heavy atom. The van der Waals surface area contributed by atoms with Gasteiger partial charge in [-0.2, -0.15) is 0 Å². The van der Waals surface area contributed by atoms with Crippen molar-refractivity contribution in [2.45, 2.75) is 37.6 Å². The summed E-state index contributed by atoms with van der Waals surface area (Å²) >= 11 is 0. The van der Waals surface area contributed by atoms with E-state index in [1.165, 1.54) is 16.4 Å². The van der Waals surface area contributed by atoms with Crippen LogP contribution in [0.25, 0.3) is 0 Å². The van der Waals surface area contributed by atoms with Crippen molar-refractivity contribution in [3.63, 3.8) is 0 Å². The highest BCUT2D eigenvalue weighted by Gasteiger charge is 2.32. The van der Waals surface area contributed by atoms with Crippen LogP contribution in [0.2, 0.25) is 0 Å². The summed E-state index contributed by atoms with van der Waals surface area (Å²) in [5.74, 6) is -0.0857. The van der Waals surface area contributed by atoms with E-state index in [-0.39, 0.29) is 10.9 Å². The molecule has 6 heteroatoms. The highest BCUT2D eigenvalue weighted by atomic mass is 32.2. The number of halogens is 1. The molecule has 1 saturated carbocycles. The van der Waals surface area contributed by atoms with Crippen LogP contribution in [0, 0.1) is 25.6 Å². The highest BCUT2D eigenvalue weighted by molar-refractivity contribution is 7.89. The molecule has 0 bridgehead atoms. The van der Waals surface area contributed by atoms with Crippen molar-refractivity contribution in [2.75, 3.05) is 13.6 Å². The SMILES string of the molecule is Cc1cc(F)cc(C)c1S(=O)(=O)N(C)CC1CC(N)C1. The molecular formula is C14H21FN2O2S. The van der Waals surface area contributed by atoms with Gasteiger partial charge in [-0.1, -0.05) is 0 Å². The molecule has 112 valence electrons. The zero-order valence-electron chi connectivity index (χ0n) is 12.1. The van der Waals surface area contributed by atoms with E-state index in [1.807, 2.05) is 0 Å². The van der Waals surface area contributed by atoms with Crippen LogP contribution in [0.4, 0.5) is 4.39 Å². The van der Waals surface area contributed by atoms with E-state index >= 15 is 0 Å². The average molecular weight is 300 g/mol. The molecule has 2 N–H and O–H groups in total. The zero-order chi connectivity index (χ0) is 15.1. The molecule has 0 radical (unpaired) electrons. The average Bonchev–Trinajstić information content (AvgIpc) is 2.24. The lowest BCUT2D eigenvalue weighted by Crippen LogP contribution is -2.43. The minimum absolute atomic E-state index is 0.199. The molecule has 0 aromatic heterocycles. The second kappa shape index (κ2) is 5.42. The zero-order valence-corrected chi connectivity index (χ0v) is 12.9. The van der Waals surface area contributed by atoms with E-state index in [0.29, 0.717) is 23.6 Å². The van der Waals surface area contributed by atoms with Crippen LogP contribution in [0.15, 0.2) is 17.0 Å². The maximum atomic E-state index is 13.3. The van der Waals surface area contributed by atoms with Gasteiger partial charge in [-0.15, -0.1) is 0 Å². The monoisotopic (exact) mass is 300 g/mol. The minimum atomic E-state index is -3.58. The summed E-state index contributed by atoms with van der Waals surface area (Å²) < 4.78 is 39.9. The van der Waals surface area contributed by atoms with Crippen molar-refractivity contribution in [2.24, 2.45) is 11.7 Å². The van der Waals surface area contributed by atoms with E-state index in [2.05, 4.69) is 0 Å². The fraction of sp³-hybridized carbons (Fsp3) is 0.571. The third-order valence-electron chi connectivity index (χ3n) is 3.88. The first kappa shape index (κ1) is 15.4. The van der Waals surface area contributed by atoms with Crippen molar-refractivity contribution in [3.8, 4) is 0 Å². The lowest BCUT2D eigenvalue weighted by Gasteiger charge is -2.35. The number of benzene rings is 1. The summed E-state index contributed by atoms with van der Waals surface area (Å²) in [6.45, 7) is 3.71. The summed E-state index contributed by atoms with van der Waals surface area (Å²) in [6.07, 6.45) is 1.72. The maximum absolute atomic E-state index is 13.3. The lowest BCUT2D eigenvalue weighted by atomic mass is 9.81. The van der Waals surface area contributed by atoms with E-state index in [9.17, 15) is 12.8 Å². The van der Waals surface area contributed by atoms with Crippen LogP contribution in [0.3, 0.4) is 0 Å². The Kier molecular flexibility index (Phi) is 4.18. The third kappa shape index (κ3) is 2.87. The van der Waals surface area contributed by atoms with Crippen LogP contribution < -0.4 is 5.73 Å². The second-order valence-corrected chi connectivity index (χ2v) is 7.73. The molecule has 1 aliphatic carbocycles. The van der Waals surface area contributed by atoms with Crippen molar-refractivity contribution in [1.82, 2.24) is 4.31 Å². The molecule has 0 heterocycles. The van der Waals surface area contributed by atoms with E-state index in [4.69, 9.17) is 5.73 Å². The molecule has 2 rings (SSSR count). The maximum Gasteiger partial charge on any atom is 0.243 e. The lowest BCUT2D eigenvalue weighted by molar-refractivity contribution is 0.227. The Bertz CT molecular complexity index is 587. The van der Waals surface area contributed by atoms with E-state index in [0.717, 1.165) is 12.8 Å². The molecule has 0 aliphatic heterocycles. The summed E-state index contributed by atoms with van der Waals surface area (Å²) in [5.41, 5.74) is 6.61. The Balaban J connectivity index is 2.26. The molecule has 20 heavy (non-hydrogen) atoms. The van der Waals surface area contributed by atoms with Crippen molar-refractivity contribution >= 4 is 10.0 Å². The quantitative estimate of drug-likeness (QED) is 0.922. The van der Waals surface area contributed by atoms with Crippen molar-refractivity contribution < 1.29 is 12.8 Å². The van der Waals surface area contributed by atoms with Gasteiger partial charge >= 0.3 is 0 Å². The van der Waals surface area contributed by atoms with Gasteiger partial charge in [-0.05, 0) is 55.9 Å². The van der Waals surface area contributed by atoms with Crippen LogP contribution in [-0.4, -0.2) is 32.4 Å². The third-order valence-corrected chi connectivity index (χ3v) is 6.01. The van der Waals surface area contributed by atoms with Crippen LogP contribution in [0.1, 0.15) is 24.0 Å². The van der Waals surface area contributed by atoms with Crippen LogP contribution in [-0.2, 0) is 10.0 Å². The van der Waals surface area contributed by atoms with E-state index in [1.54, 1.807) is 20.9 Å². The normalized spacial score (nSPS) is 22.9. The molecule has 1 fully saturated rings. The number of hydrogen-bond donors (Lipinski definition) is 1. The molecule has 0 atom stereocenters. The van der Waals surface area contributed by atoms with Gasteiger partial charge in [0.25, 0.3) is 0 Å². The fourth-order valence-corrected chi connectivity index (χ4v) is 4.51. The molecule has 0 amide bonds. The first-order valence-electron chi connectivity index (χ1n) is 6.70. The summed E-state index contributed by atoms with van der Waals surface area (Å²) in [6, 6.07) is 2.71. The molecule has 1 aromatic rings. The van der Waals surface area contributed by atoms with E-state index < -0.39 is 15.8 Å². The van der Waals surface area contributed by atoms with Gasteiger partial charge in [0.1, 0.15) is 5.82 Å². The number of aryl methyl sites for hydroxylation is 2. The molecule has 1 aliphatic rings. The predicted molar refractivity (Wildman–Crippen MR) is 76.4 cm³/mol. The molecule has 4 nitrogen and oxygen atoms in total. The summed E-state index contributed by atoms with van der Waals surface area (Å²) in [5, 5.41) is 0. The van der Waals surface area contributed by atoms with Gasteiger partial charge in [0.05, 0.1) is 4.90 Å². The summed E-state index contributed by atoms with van der Waals surface area (Å²) in [7, 11) is -2.01. The first-order valence-corrected chi connectivity index (χ1v) is 8.14. The fourth-order valence-electron chi connectivity index (χ4n) is 2.86. The van der Waals surface area contributed by atoms with Gasteiger partial charge in [0.15, 0.2) is 0 Å². The summed E-state index contributed by atoms with van der Waals surface area (Å²) in [4.78, 5) is 0.213. The number of hydrogen-bond acceptors (Lipinski definition) is 3. The van der Waals surface area contributed by atoms with Gasteiger partial charge in [0, 0.05) is 19.6 Å². The first-order chi connectivity index (χ1) is 9.21. The minimum Gasteiger partial charge on any atom is -0.328 e. The molecule has 0 spiro atoms. The van der Waals surface area contributed by atoms with Gasteiger partial charge in [-0.25, -0.2) is 17.1 Å². The second-order valence-electron chi connectivity index (χ2n) is 5.75. The highest BCUT2D eigenvalue weighted by Crippen LogP contribution is 2.29. The number of nitrogens with zero attached hydrogens (tertiary/aromatic N) is 1. The van der Waals surface area contributed by atoms with Crippen molar-refractivity contribution in [3.05, 3.63) is 29.1 Å².